The molecule has 1 aliphatic rings. The van der Waals surface area contributed by atoms with Crippen LogP contribution in [-0.2, 0) is 11.3 Å². The molecule has 0 aliphatic carbocycles. The Kier molecular flexibility index (Phi) is 5.27. The van der Waals surface area contributed by atoms with E-state index in [2.05, 4.69) is 11.0 Å². The number of likely N-dealkylation sites (tertiary alicyclic amines) is 1. The Bertz CT molecular complexity index is 713. The molecule has 2 aromatic rings. The molecule has 5 heteroatoms. The Hall–Kier alpha value is -1.78. The first kappa shape index (κ1) is 17.1. The molecule has 1 aromatic carbocycles. The van der Waals surface area contributed by atoms with E-state index in [-0.39, 0.29) is 11.9 Å². The van der Waals surface area contributed by atoms with E-state index in [1.807, 2.05) is 44.3 Å². The lowest BCUT2D eigenvalue weighted by Crippen LogP contribution is -2.37. The van der Waals surface area contributed by atoms with Gasteiger partial charge in [-0.2, -0.15) is 0 Å². The van der Waals surface area contributed by atoms with Gasteiger partial charge >= 0.3 is 0 Å². The number of likely N-dealkylation sites (N-methyl/N-ethyl adjacent to an activating group) is 1. The summed E-state index contributed by atoms with van der Waals surface area (Å²) in [5.74, 6) is 1.78. The van der Waals surface area contributed by atoms with E-state index >= 15 is 0 Å². The molecule has 1 aliphatic heterocycles. The average Bonchev–Trinajstić information content (AvgIpc) is 3.17. The third-order valence-corrected chi connectivity index (χ3v) is 4.93. The fourth-order valence-electron chi connectivity index (χ4n) is 3.30. The minimum absolute atomic E-state index is 0.100. The van der Waals surface area contributed by atoms with E-state index < -0.39 is 0 Å². The molecule has 0 N–H and O–H groups in total. The molecule has 1 atom stereocenters. The van der Waals surface area contributed by atoms with Crippen molar-refractivity contribution in [3.05, 3.63) is 58.5 Å². The second-order valence-corrected chi connectivity index (χ2v) is 6.82. The number of furan rings is 1. The van der Waals surface area contributed by atoms with Gasteiger partial charge in [0.25, 0.3) is 0 Å². The van der Waals surface area contributed by atoms with E-state index in [9.17, 15) is 4.79 Å². The first-order chi connectivity index (χ1) is 11.5. The second kappa shape index (κ2) is 7.41. The summed E-state index contributed by atoms with van der Waals surface area (Å²) in [6.07, 6.45) is 2.13. The van der Waals surface area contributed by atoms with Gasteiger partial charge < -0.3 is 9.32 Å². The zero-order valence-electron chi connectivity index (χ0n) is 14.2. The molecule has 3 rings (SSSR count). The number of hydrogen-bond donors (Lipinski definition) is 0. The minimum atomic E-state index is 0.100. The van der Waals surface area contributed by atoms with Crippen LogP contribution in [0, 0.1) is 6.92 Å². The smallest absolute Gasteiger partial charge is 0.236 e. The van der Waals surface area contributed by atoms with E-state index in [0.29, 0.717) is 13.1 Å². The number of hydrogen-bond acceptors (Lipinski definition) is 3. The van der Waals surface area contributed by atoms with Gasteiger partial charge in [-0.25, -0.2) is 0 Å². The number of nitrogens with zero attached hydrogens (tertiary/aromatic N) is 2. The molecule has 0 radical (unpaired) electrons. The summed E-state index contributed by atoms with van der Waals surface area (Å²) in [4.78, 5) is 16.5. The van der Waals surface area contributed by atoms with Crippen LogP contribution in [-0.4, -0.2) is 35.8 Å². The van der Waals surface area contributed by atoms with E-state index in [1.54, 1.807) is 4.90 Å². The van der Waals surface area contributed by atoms with Gasteiger partial charge in [-0.3, -0.25) is 9.69 Å². The zero-order chi connectivity index (χ0) is 17.1. The average molecular weight is 347 g/mol. The van der Waals surface area contributed by atoms with Gasteiger partial charge in [-0.05, 0) is 50.1 Å². The molecule has 1 unspecified atom stereocenters. The molecule has 1 saturated heterocycles. The van der Waals surface area contributed by atoms with Gasteiger partial charge in [-0.1, -0.05) is 29.8 Å². The Balaban J connectivity index is 1.63. The van der Waals surface area contributed by atoms with E-state index in [0.717, 1.165) is 41.5 Å². The third-order valence-electron chi connectivity index (χ3n) is 4.58. The van der Waals surface area contributed by atoms with Crippen LogP contribution in [0.3, 0.4) is 0 Å². The molecule has 0 saturated carbocycles. The van der Waals surface area contributed by atoms with Crippen molar-refractivity contribution in [3.63, 3.8) is 0 Å². The summed E-state index contributed by atoms with van der Waals surface area (Å²) in [5, 5.41) is 0.779. The first-order valence-corrected chi connectivity index (χ1v) is 8.70. The first-order valence-electron chi connectivity index (χ1n) is 8.32. The summed E-state index contributed by atoms with van der Waals surface area (Å²) in [7, 11) is 1.82. The third kappa shape index (κ3) is 3.82. The fourth-order valence-corrected chi connectivity index (χ4v) is 3.56. The van der Waals surface area contributed by atoms with Crippen LogP contribution in [0.4, 0.5) is 0 Å². The number of amides is 1. The molecule has 24 heavy (non-hydrogen) atoms. The number of carbonyl (C=O) groups is 1. The maximum Gasteiger partial charge on any atom is 0.236 e. The lowest BCUT2D eigenvalue weighted by molar-refractivity contribution is -0.132. The van der Waals surface area contributed by atoms with Crippen molar-refractivity contribution >= 4 is 17.5 Å². The largest absolute Gasteiger partial charge is 0.464 e. The summed E-state index contributed by atoms with van der Waals surface area (Å²) in [6.45, 7) is 3.74. The van der Waals surface area contributed by atoms with Crippen molar-refractivity contribution in [2.45, 2.75) is 32.4 Å². The molecule has 1 amide bonds. The Morgan fingerprint density at radius 3 is 2.83 bits per heavy atom. The van der Waals surface area contributed by atoms with Crippen LogP contribution in [0.5, 0.6) is 0 Å². The van der Waals surface area contributed by atoms with E-state index in [1.165, 1.54) is 0 Å². The zero-order valence-corrected chi connectivity index (χ0v) is 14.9. The fraction of sp³-hybridized carbons (Fsp3) is 0.421. The van der Waals surface area contributed by atoms with Crippen molar-refractivity contribution in [2.24, 2.45) is 0 Å². The Morgan fingerprint density at radius 2 is 2.12 bits per heavy atom. The Morgan fingerprint density at radius 1 is 1.33 bits per heavy atom. The lowest BCUT2D eigenvalue weighted by atomic mass is 10.0. The second-order valence-electron chi connectivity index (χ2n) is 6.41. The molecular formula is C19H23ClN2O2. The molecule has 128 valence electrons. The van der Waals surface area contributed by atoms with Gasteiger partial charge in [0.2, 0.25) is 5.91 Å². The number of rotatable bonds is 5. The van der Waals surface area contributed by atoms with Crippen LogP contribution < -0.4 is 0 Å². The predicted molar refractivity (Wildman–Crippen MR) is 94.9 cm³/mol. The topological polar surface area (TPSA) is 36.7 Å². The van der Waals surface area contributed by atoms with Gasteiger partial charge in [0, 0.05) is 18.1 Å². The highest BCUT2D eigenvalue weighted by atomic mass is 35.5. The van der Waals surface area contributed by atoms with Crippen molar-refractivity contribution in [2.75, 3.05) is 20.1 Å². The molecule has 0 bridgehead atoms. The van der Waals surface area contributed by atoms with Gasteiger partial charge in [0.05, 0.1) is 13.1 Å². The van der Waals surface area contributed by atoms with Gasteiger partial charge in [0.1, 0.15) is 11.5 Å². The standard InChI is InChI=1S/C19H23ClN2O2/c1-14-9-10-15(24-14)12-21(2)19(23)13-22-11-5-8-18(22)16-6-3-4-7-17(16)20/h3-4,6-7,9-10,18H,5,8,11-13H2,1-2H3. The Labute approximate surface area is 148 Å². The minimum Gasteiger partial charge on any atom is -0.464 e. The van der Waals surface area contributed by atoms with Crippen molar-refractivity contribution < 1.29 is 9.21 Å². The number of benzene rings is 1. The molecule has 1 fully saturated rings. The normalized spacial score (nSPS) is 18.0. The van der Waals surface area contributed by atoms with Crippen LogP contribution in [0.1, 0.15) is 36.0 Å². The van der Waals surface area contributed by atoms with Crippen LogP contribution in [0.2, 0.25) is 5.02 Å². The number of carbonyl (C=O) groups excluding carboxylic acids is 1. The SMILES string of the molecule is Cc1ccc(CN(C)C(=O)CN2CCCC2c2ccccc2Cl)o1. The van der Waals surface area contributed by atoms with Gasteiger partial charge in [0.15, 0.2) is 0 Å². The summed E-state index contributed by atoms with van der Waals surface area (Å²) < 4.78 is 5.56. The highest BCUT2D eigenvalue weighted by Crippen LogP contribution is 2.35. The maximum atomic E-state index is 12.6. The molecule has 0 spiro atoms. The predicted octanol–water partition coefficient (Wildman–Crippen LogP) is 4.04. The highest BCUT2D eigenvalue weighted by molar-refractivity contribution is 6.31. The van der Waals surface area contributed by atoms with Crippen molar-refractivity contribution in [1.82, 2.24) is 9.80 Å². The van der Waals surface area contributed by atoms with Crippen LogP contribution >= 0.6 is 11.6 Å². The molecule has 2 heterocycles. The van der Waals surface area contributed by atoms with E-state index in [4.69, 9.17) is 16.0 Å². The van der Waals surface area contributed by atoms with Crippen LogP contribution in [0.15, 0.2) is 40.8 Å². The molecule has 1 aromatic heterocycles. The lowest BCUT2D eigenvalue weighted by Gasteiger charge is -2.27. The summed E-state index contributed by atoms with van der Waals surface area (Å²) in [6, 6.07) is 12.0. The van der Waals surface area contributed by atoms with Crippen molar-refractivity contribution in [1.29, 1.82) is 0 Å². The summed E-state index contributed by atoms with van der Waals surface area (Å²) >= 11 is 6.34. The molecular weight excluding hydrogens is 324 g/mol. The monoisotopic (exact) mass is 346 g/mol. The quantitative estimate of drug-likeness (QED) is 0.820. The van der Waals surface area contributed by atoms with Crippen LogP contribution in [0.25, 0.3) is 0 Å². The van der Waals surface area contributed by atoms with Crippen molar-refractivity contribution in [3.8, 4) is 0 Å². The maximum absolute atomic E-state index is 12.6. The number of halogens is 1. The number of aryl methyl sites for hydroxylation is 1. The highest BCUT2D eigenvalue weighted by Gasteiger charge is 2.29. The summed E-state index contributed by atoms with van der Waals surface area (Å²) in [5.41, 5.74) is 1.12. The molecule has 4 nitrogen and oxygen atoms in total. The van der Waals surface area contributed by atoms with Gasteiger partial charge in [-0.15, -0.1) is 0 Å².